The number of ether oxygens (including phenoxy) is 1. The van der Waals surface area contributed by atoms with Gasteiger partial charge in [-0.25, -0.2) is 0 Å². The normalized spacial score (nSPS) is 16.5. The van der Waals surface area contributed by atoms with Crippen LogP contribution in [0.1, 0.15) is 40.5 Å². The van der Waals surface area contributed by atoms with E-state index >= 15 is 0 Å². The van der Waals surface area contributed by atoms with Crippen LogP contribution >= 0.6 is 0 Å². The molecule has 2 radical (unpaired) electrons. The van der Waals surface area contributed by atoms with Gasteiger partial charge < -0.3 is 17.8 Å². The van der Waals surface area contributed by atoms with Gasteiger partial charge in [-0.3, -0.25) is 0 Å². The zero-order valence-corrected chi connectivity index (χ0v) is 30.5. The summed E-state index contributed by atoms with van der Waals surface area (Å²) in [5.41, 5.74) is 7.65. The number of hydrogen-bond acceptors (Lipinski definition) is 1. The molecule has 0 aromatic heterocycles. The Kier molecular flexibility index (Phi) is 17.5. The van der Waals surface area contributed by atoms with Gasteiger partial charge in [0.1, 0.15) is 0 Å². The molecule has 1 saturated heterocycles. The molecule has 1 fully saturated rings. The second-order valence-corrected chi connectivity index (χ2v) is 26.9. The Hall–Kier alpha value is 0.415. The molecule has 3 rings (SSSR count). The maximum absolute atomic E-state index is 4.94. The minimum atomic E-state index is -1.56. The van der Waals surface area contributed by atoms with E-state index in [1.165, 1.54) is 40.3 Å². The zero-order valence-electron chi connectivity index (χ0n) is 24.6. The Morgan fingerprint density at radius 3 is 1.21 bits per heavy atom. The van der Waals surface area contributed by atoms with E-state index in [-0.39, 0.29) is 32.7 Å². The van der Waals surface area contributed by atoms with Crippen molar-refractivity contribution in [3.8, 4) is 0 Å². The van der Waals surface area contributed by atoms with Gasteiger partial charge in [0.05, 0.1) is 8.07 Å². The second kappa shape index (κ2) is 16.3. The van der Waals surface area contributed by atoms with E-state index < -0.39 is 24.2 Å². The summed E-state index contributed by atoms with van der Waals surface area (Å²) >= 11 is 0. The Labute approximate surface area is 242 Å². The van der Waals surface area contributed by atoms with Crippen molar-refractivity contribution in [1.29, 1.82) is 0 Å². The smallest absolute Gasteiger partial charge is 0.0965 e. The molecule has 2 aliphatic rings. The molecule has 1 aliphatic carbocycles. The summed E-state index contributed by atoms with van der Waals surface area (Å²) in [5, 5.41) is 1.53. The third kappa shape index (κ3) is 15.5. The van der Waals surface area contributed by atoms with Crippen molar-refractivity contribution in [3.05, 3.63) is 71.3 Å². The van der Waals surface area contributed by atoms with Crippen LogP contribution in [-0.2, 0) is 37.4 Å². The topological polar surface area (TPSA) is 9.23 Å². The molecule has 1 nitrogen and oxygen atoms in total. The largest absolute Gasteiger partial charge is 0.381 e. The minimum absolute atomic E-state index is 0. The second-order valence-electron chi connectivity index (χ2n) is 12.3. The molecule has 0 atom stereocenters. The monoisotopic (exact) mass is 590 g/mol. The van der Waals surface area contributed by atoms with E-state index in [0.717, 1.165) is 13.2 Å². The molecule has 192 valence electrons. The van der Waals surface area contributed by atoms with Crippen molar-refractivity contribution >= 4 is 29.4 Å². The van der Waals surface area contributed by atoms with Gasteiger partial charge in [0.2, 0.25) is 0 Å². The van der Waals surface area contributed by atoms with Crippen molar-refractivity contribution in [2.45, 2.75) is 92.9 Å². The number of allylic oxidation sites excluding steroid dienone is 4. The number of rotatable bonds is 2. The molecule has 0 bridgehead atoms. The van der Waals surface area contributed by atoms with Crippen molar-refractivity contribution in [3.63, 3.8) is 0 Å². The Morgan fingerprint density at radius 1 is 0.618 bits per heavy atom. The Bertz CT molecular complexity index is 709. The zero-order chi connectivity index (χ0) is 26.0. The van der Waals surface area contributed by atoms with E-state index in [0.29, 0.717) is 0 Å². The first kappa shape index (κ1) is 36.6. The fourth-order valence-corrected chi connectivity index (χ4v) is 7.23. The summed E-state index contributed by atoms with van der Waals surface area (Å²) in [6.45, 7) is 37.2. The predicted molar refractivity (Wildman–Crippen MR) is 161 cm³/mol. The molecular weight excluding hydrogens is 537 g/mol. The van der Waals surface area contributed by atoms with E-state index in [9.17, 15) is 0 Å². The average molecular weight is 591 g/mol. The first-order valence-electron chi connectivity index (χ1n) is 12.4. The van der Waals surface area contributed by atoms with Gasteiger partial charge in [0.15, 0.2) is 0 Å². The molecule has 34 heavy (non-hydrogen) atoms. The molecule has 0 N–H and O–H groups in total. The standard InChI is InChI=1S/C17H23Si.C4H8O.2C4H11Si.Y/c1-12-13(2)15(4)17(14(12)3)18(5,6)16-10-8-7-9-11-16;1-2-4-5-3-1;2*1-5(2,3)4;/h7-11H,1-6H3;1-4H2;2*1H2,2-4H3;/q;;2*-1;. The van der Waals surface area contributed by atoms with Crippen LogP contribution in [0.2, 0.25) is 52.4 Å². The number of hydrogen-bond donors (Lipinski definition) is 0. The first-order chi connectivity index (χ1) is 14.9. The molecule has 0 amide bonds. The van der Waals surface area contributed by atoms with Crippen LogP contribution in [0.5, 0.6) is 0 Å². The van der Waals surface area contributed by atoms with Crippen molar-refractivity contribution in [2.75, 3.05) is 13.2 Å². The molecule has 0 spiro atoms. The summed E-state index contributed by atoms with van der Waals surface area (Å²) in [6.07, 6.45) is 2.56. The van der Waals surface area contributed by atoms with Crippen LogP contribution in [0.3, 0.4) is 0 Å². The molecule has 1 aromatic rings. The maximum Gasteiger partial charge on any atom is 0.0965 e. The van der Waals surface area contributed by atoms with Gasteiger partial charge in [-0.2, -0.15) is 0 Å². The van der Waals surface area contributed by atoms with Gasteiger partial charge >= 0.3 is 0 Å². The van der Waals surface area contributed by atoms with E-state index in [4.69, 9.17) is 4.74 Å². The summed E-state index contributed by atoms with van der Waals surface area (Å²) in [5.74, 6) is 0. The van der Waals surface area contributed by atoms with Gasteiger partial charge in [-0.1, -0.05) is 99.0 Å². The number of benzene rings is 1. The summed E-state index contributed by atoms with van der Waals surface area (Å²) in [7, 11) is -3.28. The molecule has 5 heteroatoms. The van der Waals surface area contributed by atoms with Crippen molar-refractivity contribution in [1.82, 2.24) is 0 Å². The van der Waals surface area contributed by atoms with Gasteiger partial charge in [-0.05, 0) is 51.7 Å². The quantitative estimate of drug-likeness (QED) is 0.248. The van der Waals surface area contributed by atoms with Crippen LogP contribution in [0.15, 0.2) is 52.6 Å². The molecular formula is C29H53OSi3Y-2. The Balaban J connectivity index is 0. The fourth-order valence-electron chi connectivity index (χ4n) is 3.67. The molecule has 0 unspecified atom stereocenters. The summed E-state index contributed by atoms with van der Waals surface area (Å²) < 4.78 is 4.94. The third-order valence-electron chi connectivity index (χ3n) is 5.39. The molecule has 1 aromatic carbocycles. The third-order valence-corrected chi connectivity index (χ3v) is 9.16. The van der Waals surface area contributed by atoms with Gasteiger partial charge in [-0.15, -0.1) is 16.1 Å². The van der Waals surface area contributed by atoms with Crippen LogP contribution in [0.4, 0.5) is 0 Å². The van der Waals surface area contributed by atoms with Gasteiger partial charge in [0, 0.05) is 51.5 Å². The Morgan fingerprint density at radius 2 is 0.941 bits per heavy atom. The maximum atomic E-state index is 4.94. The van der Waals surface area contributed by atoms with Gasteiger partial charge in [0.25, 0.3) is 0 Å². The summed E-state index contributed by atoms with van der Waals surface area (Å²) in [4.78, 5) is 0. The first-order valence-corrected chi connectivity index (χ1v) is 22.9. The average Bonchev–Trinajstić information content (AvgIpc) is 3.29. The van der Waals surface area contributed by atoms with Crippen LogP contribution < -0.4 is 5.19 Å². The molecule has 0 saturated carbocycles. The SMILES string of the molecule is C1CCOC1.CC1=C(C)C(C)=C(C)[C]1[Si](C)(C)c1ccccc1.[CH2-][Si](C)(C)C.[CH2-][Si](C)(C)C.[Y]. The van der Waals surface area contributed by atoms with Crippen molar-refractivity contribution in [2.24, 2.45) is 0 Å². The van der Waals surface area contributed by atoms with E-state index in [2.05, 4.69) is 123 Å². The van der Waals surface area contributed by atoms with Crippen LogP contribution in [0, 0.1) is 18.6 Å². The van der Waals surface area contributed by atoms with E-state index in [1.807, 2.05) is 0 Å². The summed E-state index contributed by atoms with van der Waals surface area (Å²) in [6, 6.07) is 11.0. The predicted octanol–water partition coefficient (Wildman–Crippen LogP) is 8.59. The fraction of sp³-hybridized carbons (Fsp3) is 0.552. The molecule has 1 aliphatic heterocycles. The van der Waals surface area contributed by atoms with E-state index in [1.54, 1.807) is 5.54 Å². The van der Waals surface area contributed by atoms with Crippen LogP contribution in [0.25, 0.3) is 0 Å². The minimum Gasteiger partial charge on any atom is -0.381 e. The van der Waals surface area contributed by atoms with Crippen LogP contribution in [-0.4, -0.2) is 37.4 Å². The van der Waals surface area contributed by atoms with Crippen molar-refractivity contribution < 1.29 is 37.4 Å². The molecule has 1 heterocycles.